The molecule has 5 nitrogen and oxygen atoms in total. The molecule has 2 aromatic rings. The van der Waals surface area contributed by atoms with Crippen molar-refractivity contribution in [2.45, 2.75) is 5.75 Å². The summed E-state index contributed by atoms with van der Waals surface area (Å²) in [6.45, 7) is 0. The minimum Gasteiger partial charge on any atom is -0.267 e. The molecule has 0 aliphatic rings. The number of sulfonamides is 1. The van der Waals surface area contributed by atoms with Crippen molar-refractivity contribution in [1.29, 1.82) is 5.26 Å². The summed E-state index contributed by atoms with van der Waals surface area (Å²) in [7, 11) is -3.72. The van der Waals surface area contributed by atoms with Gasteiger partial charge in [-0.3, -0.25) is 4.72 Å². The quantitative estimate of drug-likeness (QED) is 0.934. The third-order valence-corrected chi connectivity index (χ3v) is 3.68. The Bertz CT molecular complexity index is 752. The summed E-state index contributed by atoms with van der Waals surface area (Å²) in [5, 5.41) is 8.92. The van der Waals surface area contributed by atoms with Crippen LogP contribution in [-0.2, 0) is 15.8 Å². The number of anilines is 1. The van der Waals surface area contributed by atoms with Gasteiger partial charge in [0.2, 0.25) is 10.0 Å². The average molecular weight is 291 g/mol. The molecule has 102 valence electrons. The van der Waals surface area contributed by atoms with E-state index in [0.717, 1.165) is 12.3 Å². The van der Waals surface area contributed by atoms with Crippen molar-refractivity contribution in [2.24, 2.45) is 0 Å². The maximum absolute atomic E-state index is 12.7. The molecule has 7 heteroatoms. The van der Waals surface area contributed by atoms with Crippen LogP contribution in [0, 0.1) is 17.1 Å². The molecule has 0 saturated carbocycles. The first-order valence-electron chi connectivity index (χ1n) is 5.60. The highest BCUT2D eigenvalue weighted by atomic mass is 32.2. The molecule has 2 rings (SSSR count). The molecule has 0 unspecified atom stereocenters. The van der Waals surface area contributed by atoms with Gasteiger partial charge < -0.3 is 0 Å². The minimum absolute atomic E-state index is 0.0286. The van der Waals surface area contributed by atoms with Crippen LogP contribution in [0.1, 0.15) is 11.1 Å². The highest BCUT2D eigenvalue weighted by Gasteiger charge is 2.14. The molecule has 1 aromatic carbocycles. The molecule has 0 spiro atoms. The van der Waals surface area contributed by atoms with E-state index in [0.29, 0.717) is 11.1 Å². The molecule has 0 radical (unpaired) electrons. The zero-order chi connectivity index (χ0) is 14.6. The number of benzene rings is 1. The maximum atomic E-state index is 12.7. The lowest BCUT2D eigenvalue weighted by molar-refractivity contribution is 0.599. The SMILES string of the molecule is N#Cc1ccccc1CS(=O)(=O)Nc1ccc(F)cn1. The van der Waals surface area contributed by atoms with Gasteiger partial charge in [-0.1, -0.05) is 18.2 Å². The van der Waals surface area contributed by atoms with Gasteiger partial charge in [0.25, 0.3) is 0 Å². The van der Waals surface area contributed by atoms with Crippen molar-refractivity contribution in [3.63, 3.8) is 0 Å². The van der Waals surface area contributed by atoms with Crippen LogP contribution < -0.4 is 4.72 Å². The summed E-state index contributed by atoms with van der Waals surface area (Å²) in [4.78, 5) is 3.62. The van der Waals surface area contributed by atoms with E-state index in [1.807, 2.05) is 6.07 Å². The van der Waals surface area contributed by atoms with E-state index >= 15 is 0 Å². The van der Waals surface area contributed by atoms with Crippen molar-refractivity contribution >= 4 is 15.8 Å². The van der Waals surface area contributed by atoms with Crippen molar-refractivity contribution < 1.29 is 12.8 Å². The fraction of sp³-hybridized carbons (Fsp3) is 0.0769. The molecule has 0 aliphatic carbocycles. The number of hydrogen-bond acceptors (Lipinski definition) is 4. The lowest BCUT2D eigenvalue weighted by atomic mass is 10.1. The van der Waals surface area contributed by atoms with Crippen LogP contribution in [0.3, 0.4) is 0 Å². The number of rotatable bonds is 4. The number of nitrogens with zero attached hydrogens (tertiary/aromatic N) is 2. The number of pyridine rings is 1. The normalized spacial score (nSPS) is 10.8. The number of nitrogens with one attached hydrogen (secondary N) is 1. The van der Waals surface area contributed by atoms with Gasteiger partial charge >= 0.3 is 0 Å². The zero-order valence-electron chi connectivity index (χ0n) is 10.2. The van der Waals surface area contributed by atoms with Gasteiger partial charge in [0.15, 0.2) is 0 Å². The van der Waals surface area contributed by atoms with Crippen molar-refractivity contribution in [1.82, 2.24) is 4.98 Å². The van der Waals surface area contributed by atoms with Crippen LogP contribution >= 0.6 is 0 Å². The van der Waals surface area contributed by atoms with Crippen LogP contribution in [0.2, 0.25) is 0 Å². The van der Waals surface area contributed by atoms with Crippen molar-refractivity contribution in [3.8, 4) is 6.07 Å². The van der Waals surface area contributed by atoms with E-state index in [4.69, 9.17) is 5.26 Å². The highest BCUT2D eigenvalue weighted by Crippen LogP contribution is 2.14. The Labute approximate surface area is 115 Å². The largest absolute Gasteiger partial charge is 0.267 e. The molecule has 0 atom stereocenters. The lowest BCUT2D eigenvalue weighted by Crippen LogP contribution is -2.16. The molecule has 0 amide bonds. The Kier molecular flexibility index (Phi) is 3.96. The van der Waals surface area contributed by atoms with E-state index in [9.17, 15) is 12.8 Å². The summed E-state index contributed by atoms with van der Waals surface area (Å²) in [6.07, 6.45) is 0.918. The molecule has 0 bridgehead atoms. The number of halogens is 1. The average Bonchev–Trinajstić information content (AvgIpc) is 2.41. The van der Waals surface area contributed by atoms with Gasteiger partial charge in [-0.25, -0.2) is 17.8 Å². The minimum atomic E-state index is -3.72. The number of hydrogen-bond donors (Lipinski definition) is 1. The smallest absolute Gasteiger partial charge is 0.238 e. The summed E-state index contributed by atoms with van der Waals surface area (Å²) in [5.41, 5.74) is 0.689. The second-order valence-corrected chi connectivity index (χ2v) is 5.71. The van der Waals surface area contributed by atoms with Gasteiger partial charge in [-0.15, -0.1) is 0 Å². The topological polar surface area (TPSA) is 82.8 Å². The molecule has 0 saturated heterocycles. The Hall–Kier alpha value is -2.46. The molecular formula is C13H10FN3O2S. The van der Waals surface area contributed by atoms with Gasteiger partial charge in [-0.2, -0.15) is 5.26 Å². The monoisotopic (exact) mass is 291 g/mol. The fourth-order valence-corrected chi connectivity index (χ4v) is 2.76. The van der Waals surface area contributed by atoms with E-state index in [-0.39, 0.29) is 11.6 Å². The predicted molar refractivity (Wildman–Crippen MR) is 71.6 cm³/mol. The Morgan fingerprint density at radius 1 is 1.25 bits per heavy atom. The van der Waals surface area contributed by atoms with E-state index in [1.165, 1.54) is 6.07 Å². The van der Waals surface area contributed by atoms with E-state index in [2.05, 4.69) is 9.71 Å². The van der Waals surface area contributed by atoms with Crippen LogP contribution in [0.5, 0.6) is 0 Å². The van der Waals surface area contributed by atoms with Crippen molar-refractivity contribution in [3.05, 3.63) is 59.5 Å². The van der Waals surface area contributed by atoms with Gasteiger partial charge in [0.1, 0.15) is 11.6 Å². The van der Waals surface area contributed by atoms with Crippen LogP contribution in [0.15, 0.2) is 42.6 Å². The third kappa shape index (κ3) is 3.52. The molecule has 1 N–H and O–H groups in total. The number of aromatic nitrogens is 1. The molecule has 0 fully saturated rings. The second-order valence-electron chi connectivity index (χ2n) is 3.99. The molecule has 1 aromatic heterocycles. The number of nitriles is 1. The first-order chi connectivity index (χ1) is 9.50. The molecular weight excluding hydrogens is 281 g/mol. The van der Waals surface area contributed by atoms with Gasteiger partial charge in [0, 0.05) is 0 Å². The fourth-order valence-electron chi connectivity index (χ4n) is 1.59. The Morgan fingerprint density at radius 2 is 2.00 bits per heavy atom. The first-order valence-corrected chi connectivity index (χ1v) is 7.25. The summed E-state index contributed by atoms with van der Waals surface area (Å²) in [5.74, 6) is -0.876. The maximum Gasteiger partial charge on any atom is 0.238 e. The van der Waals surface area contributed by atoms with E-state index < -0.39 is 15.8 Å². The molecule has 1 heterocycles. The third-order valence-electron chi connectivity index (χ3n) is 2.47. The first kappa shape index (κ1) is 14.0. The zero-order valence-corrected chi connectivity index (χ0v) is 11.1. The van der Waals surface area contributed by atoms with Crippen LogP contribution in [0.25, 0.3) is 0 Å². The Morgan fingerprint density at radius 3 is 2.65 bits per heavy atom. The van der Waals surface area contributed by atoms with Crippen LogP contribution in [0.4, 0.5) is 10.2 Å². The Balaban J connectivity index is 2.19. The van der Waals surface area contributed by atoms with Crippen molar-refractivity contribution in [2.75, 3.05) is 4.72 Å². The summed E-state index contributed by atoms with van der Waals surface area (Å²) >= 11 is 0. The summed E-state index contributed by atoms with van der Waals surface area (Å²) < 4.78 is 38.9. The molecule has 20 heavy (non-hydrogen) atoms. The van der Waals surface area contributed by atoms with E-state index in [1.54, 1.807) is 24.3 Å². The van der Waals surface area contributed by atoms with Crippen LogP contribution in [-0.4, -0.2) is 13.4 Å². The summed E-state index contributed by atoms with van der Waals surface area (Å²) in [6, 6.07) is 10.7. The molecule has 0 aliphatic heterocycles. The van der Waals surface area contributed by atoms with Gasteiger partial charge in [0.05, 0.1) is 23.6 Å². The predicted octanol–water partition coefficient (Wildman–Crippen LogP) is 2.03. The second kappa shape index (κ2) is 5.67. The van der Waals surface area contributed by atoms with Gasteiger partial charge in [-0.05, 0) is 23.8 Å². The highest BCUT2D eigenvalue weighted by molar-refractivity contribution is 7.91. The lowest BCUT2D eigenvalue weighted by Gasteiger charge is -2.08. The standard InChI is InChI=1S/C13H10FN3O2S/c14-12-5-6-13(16-8-12)17-20(18,19)9-11-4-2-1-3-10(11)7-15/h1-6,8H,9H2,(H,16,17).